The van der Waals surface area contributed by atoms with Gasteiger partial charge in [-0.05, 0) is 55.1 Å². The quantitative estimate of drug-likeness (QED) is 0.828. The molecule has 1 aromatic heterocycles. The predicted molar refractivity (Wildman–Crippen MR) is 88.3 cm³/mol. The van der Waals surface area contributed by atoms with E-state index >= 15 is 0 Å². The monoisotopic (exact) mass is 289 g/mol. The fourth-order valence-electron chi connectivity index (χ4n) is 3.54. The Morgan fingerprint density at radius 2 is 2.00 bits per heavy atom. The van der Waals surface area contributed by atoms with Gasteiger partial charge in [-0.1, -0.05) is 40.2 Å². The third kappa shape index (κ3) is 4.54. The molecule has 0 spiro atoms. The number of aryl methyl sites for hydroxylation is 1. The SMILES string of the molecule is CCc1ccc(CC2(O)CCCC(C(C)(C)C)CC2)nc1. The van der Waals surface area contributed by atoms with E-state index in [0.29, 0.717) is 11.8 Å². The molecule has 1 saturated carbocycles. The zero-order valence-electron chi connectivity index (χ0n) is 14.2. The first-order valence-electron chi connectivity index (χ1n) is 8.48. The summed E-state index contributed by atoms with van der Waals surface area (Å²) in [5.74, 6) is 0.724. The van der Waals surface area contributed by atoms with Crippen LogP contribution in [0.5, 0.6) is 0 Å². The summed E-state index contributed by atoms with van der Waals surface area (Å²) in [6, 6.07) is 4.23. The van der Waals surface area contributed by atoms with Gasteiger partial charge in [-0.2, -0.15) is 0 Å². The molecule has 0 aliphatic heterocycles. The first-order chi connectivity index (χ1) is 9.82. The van der Waals surface area contributed by atoms with Crippen molar-refractivity contribution in [2.24, 2.45) is 11.3 Å². The molecule has 0 saturated heterocycles. The molecule has 2 rings (SSSR count). The van der Waals surface area contributed by atoms with Gasteiger partial charge in [0.1, 0.15) is 0 Å². The van der Waals surface area contributed by atoms with Crippen LogP contribution in [0.4, 0.5) is 0 Å². The summed E-state index contributed by atoms with van der Waals surface area (Å²) < 4.78 is 0. The van der Waals surface area contributed by atoms with Crippen LogP contribution in [0.2, 0.25) is 0 Å². The molecule has 2 nitrogen and oxygen atoms in total. The summed E-state index contributed by atoms with van der Waals surface area (Å²) in [7, 11) is 0. The van der Waals surface area contributed by atoms with Gasteiger partial charge >= 0.3 is 0 Å². The Balaban J connectivity index is 2.01. The van der Waals surface area contributed by atoms with Gasteiger partial charge in [0.25, 0.3) is 0 Å². The topological polar surface area (TPSA) is 33.1 Å². The van der Waals surface area contributed by atoms with Crippen LogP contribution in [0.1, 0.15) is 71.1 Å². The molecule has 1 fully saturated rings. The van der Waals surface area contributed by atoms with Crippen LogP contribution in [0.15, 0.2) is 18.3 Å². The van der Waals surface area contributed by atoms with E-state index < -0.39 is 5.60 Å². The molecule has 2 heteroatoms. The Bertz CT molecular complexity index is 446. The predicted octanol–water partition coefficient (Wildman–Crippen LogP) is 4.54. The third-order valence-electron chi connectivity index (χ3n) is 5.18. The van der Waals surface area contributed by atoms with Crippen LogP contribution in [0, 0.1) is 11.3 Å². The minimum Gasteiger partial charge on any atom is -0.389 e. The maximum absolute atomic E-state index is 11.0. The second-order valence-electron chi connectivity index (χ2n) is 7.91. The minimum absolute atomic E-state index is 0.353. The van der Waals surface area contributed by atoms with Crippen molar-refractivity contribution in [3.8, 4) is 0 Å². The van der Waals surface area contributed by atoms with Crippen molar-refractivity contribution in [3.05, 3.63) is 29.6 Å². The van der Waals surface area contributed by atoms with Gasteiger partial charge in [-0.3, -0.25) is 4.98 Å². The summed E-state index contributed by atoms with van der Waals surface area (Å²) in [5, 5.41) is 11.0. The average Bonchev–Trinajstić information content (AvgIpc) is 2.61. The number of aliphatic hydroxyl groups is 1. The highest BCUT2D eigenvalue weighted by Gasteiger charge is 2.35. The lowest BCUT2D eigenvalue weighted by Crippen LogP contribution is -2.31. The highest BCUT2D eigenvalue weighted by molar-refractivity contribution is 5.15. The minimum atomic E-state index is -0.555. The van der Waals surface area contributed by atoms with E-state index in [9.17, 15) is 5.11 Å². The van der Waals surface area contributed by atoms with Gasteiger partial charge in [0.15, 0.2) is 0 Å². The van der Waals surface area contributed by atoms with E-state index in [1.54, 1.807) is 0 Å². The number of nitrogens with zero attached hydrogens (tertiary/aromatic N) is 1. The second kappa shape index (κ2) is 6.48. The van der Waals surface area contributed by atoms with Crippen molar-refractivity contribution in [2.45, 2.75) is 78.2 Å². The Morgan fingerprint density at radius 1 is 1.24 bits per heavy atom. The lowest BCUT2D eigenvalue weighted by atomic mass is 9.76. The molecule has 1 N–H and O–H groups in total. The lowest BCUT2D eigenvalue weighted by Gasteiger charge is -2.31. The van der Waals surface area contributed by atoms with Crippen LogP contribution in [0.3, 0.4) is 0 Å². The van der Waals surface area contributed by atoms with Crippen LogP contribution < -0.4 is 0 Å². The number of aromatic nitrogens is 1. The molecule has 0 radical (unpaired) electrons. The number of rotatable bonds is 3. The molecule has 0 amide bonds. The van der Waals surface area contributed by atoms with E-state index in [2.05, 4.69) is 44.8 Å². The van der Waals surface area contributed by atoms with Crippen molar-refractivity contribution in [1.82, 2.24) is 4.98 Å². The Morgan fingerprint density at radius 3 is 2.57 bits per heavy atom. The van der Waals surface area contributed by atoms with E-state index in [1.165, 1.54) is 12.0 Å². The van der Waals surface area contributed by atoms with Crippen molar-refractivity contribution in [2.75, 3.05) is 0 Å². The van der Waals surface area contributed by atoms with E-state index in [1.807, 2.05) is 6.20 Å². The molecule has 1 aliphatic carbocycles. The number of pyridine rings is 1. The highest BCUT2D eigenvalue weighted by Crippen LogP contribution is 2.40. The van der Waals surface area contributed by atoms with E-state index in [-0.39, 0.29) is 0 Å². The zero-order valence-corrected chi connectivity index (χ0v) is 14.2. The summed E-state index contributed by atoms with van der Waals surface area (Å²) >= 11 is 0. The Kier molecular flexibility index (Phi) is 5.08. The Labute approximate surface area is 130 Å². The summed E-state index contributed by atoms with van der Waals surface area (Å²) in [5.41, 5.74) is 2.09. The van der Waals surface area contributed by atoms with Crippen LogP contribution >= 0.6 is 0 Å². The second-order valence-corrected chi connectivity index (χ2v) is 7.91. The van der Waals surface area contributed by atoms with Crippen molar-refractivity contribution < 1.29 is 5.11 Å². The lowest BCUT2D eigenvalue weighted by molar-refractivity contribution is 0.0216. The van der Waals surface area contributed by atoms with Crippen molar-refractivity contribution in [3.63, 3.8) is 0 Å². The van der Waals surface area contributed by atoms with Gasteiger partial charge in [-0.25, -0.2) is 0 Å². The summed E-state index contributed by atoms with van der Waals surface area (Å²) in [4.78, 5) is 4.53. The molecular formula is C19H31NO. The van der Waals surface area contributed by atoms with Gasteiger partial charge in [0, 0.05) is 18.3 Å². The molecule has 21 heavy (non-hydrogen) atoms. The standard InChI is InChI=1S/C19H31NO/c1-5-15-8-9-17(20-14-15)13-19(21)11-6-7-16(10-12-19)18(2,3)4/h8-9,14,16,21H,5-7,10-13H2,1-4H3. The van der Waals surface area contributed by atoms with Gasteiger partial charge in [0.2, 0.25) is 0 Å². The highest BCUT2D eigenvalue weighted by atomic mass is 16.3. The molecule has 2 unspecified atom stereocenters. The molecule has 0 aromatic carbocycles. The van der Waals surface area contributed by atoms with Crippen LogP contribution in [-0.4, -0.2) is 15.7 Å². The molecule has 1 aliphatic rings. The zero-order chi connectivity index (χ0) is 15.5. The van der Waals surface area contributed by atoms with Crippen LogP contribution in [-0.2, 0) is 12.8 Å². The fourth-order valence-corrected chi connectivity index (χ4v) is 3.54. The van der Waals surface area contributed by atoms with Gasteiger partial charge < -0.3 is 5.11 Å². The summed E-state index contributed by atoms with van der Waals surface area (Å²) in [6.45, 7) is 9.12. The van der Waals surface area contributed by atoms with Gasteiger partial charge in [-0.15, -0.1) is 0 Å². The normalized spacial score (nSPS) is 27.4. The molecule has 1 heterocycles. The first-order valence-corrected chi connectivity index (χ1v) is 8.48. The first kappa shape index (κ1) is 16.5. The average molecular weight is 289 g/mol. The summed E-state index contributed by atoms with van der Waals surface area (Å²) in [6.07, 6.45) is 9.00. The maximum Gasteiger partial charge on any atom is 0.0703 e. The maximum atomic E-state index is 11.0. The largest absolute Gasteiger partial charge is 0.389 e. The molecule has 1 aromatic rings. The molecule has 118 valence electrons. The number of hydrogen-bond donors (Lipinski definition) is 1. The molecule has 2 atom stereocenters. The number of hydrogen-bond acceptors (Lipinski definition) is 2. The van der Waals surface area contributed by atoms with Crippen LogP contribution in [0.25, 0.3) is 0 Å². The third-order valence-corrected chi connectivity index (χ3v) is 5.18. The smallest absolute Gasteiger partial charge is 0.0703 e. The van der Waals surface area contributed by atoms with Gasteiger partial charge in [0.05, 0.1) is 5.60 Å². The molecule has 0 bridgehead atoms. The van der Waals surface area contributed by atoms with Crippen molar-refractivity contribution in [1.29, 1.82) is 0 Å². The van der Waals surface area contributed by atoms with E-state index in [0.717, 1.165) is 43.7 Å². The van der Waals surface area contributed by atoms with E-state index in [4.69, 9.17) is 0 Å². The Hall–Kier alpha value is -0.890. The fraction of sp³-hybridized carbons (Fsp3) is 0.737. The van der Waals surface area contributed by atoms with Crippen molar-refractivity contribution >= 4 is 0 Å². The molecular weight excluding hydrogens is 258 g/mol.